The van der Waals surface area contributed by atoms with E-state index in [0.717, 1.165) is 0 Å². The van der Waals surface area contributed by atoms with Crippen molar-refractivity contribution in [1.82, 2.24) is 5.32 Å². The summed E-state index contributed by atoms with van der Waals surface area (Å²) < 4.78 is 9.99. The molecule has 0 aliphatic carbocycles. The molecule has 0 saturated carbocycles. The third-order valence-electron chi connectivity index (χ3n) is 2.83. The maximum Gasteiger partial charge on any atom is 0.305 e. The molecule has 0 amide bonds. The number of nitro benzene ring substituents is 1. The van der Waals surface area contributed by atoms with E-state index in [4.69, 9.17) is 9.47 Å². The van der Waals surface area contributed by atoms with Gasteiger partial charge in [0, 0.05) is 30.7 Å². The van der Waals surface area contributed by atoms with E-state index in [0.29, 0.717) is 43.9 Å². The van der Waals surface area contributed by atoms with Gasteiger partial charge in [-0.2, -0.15) is 0 Å². The van der Waals surface area contributed by atoms with E-state index in [1.54, 1.807) is 13.0 Å². The Bertz CT molecular complexity index is 490. The van der Waals surface area contributed by atoms with E-state index in [1.165, 1.54) is 19.2 Å². The normalized spacial score (nSPS) is 10.2. The smallest absolute Gasteiger partial charge is 0.305 e. The van der Waals surface area contributed by atoms with Crippen LogP contribution in [0.1, 0.15) is 25.3 Å². The third kappa shape index (κ3) is 5.78. The van der Waals surface area contributed by atoms with E-state index < -0.39 is 4.92 Å². The molecule has 0 heterocycles. The number of carbonyl (C=O) groups is 1. The van der Waals surface area contributed by atoms with E-state index >= 15 is 0 Å². The van der Waals surface area contributed by atoms with Gasteiger partial charge >= 0.3 is 5.97 Å². The number of ether oxygens (including phenoxy) is 2. The molecule has 0 atom stereocenters. The topological polar surface area (TPSA) is 90.7 Å². The largest absolute Gasteiger partial charge is 0.496 e. The quantitative estimate of drug-likeness (QED) is 0.324. The van der Waals surface area contributed by atoms with Gasteiger partial charge in [-0.05, 0) is 26.0 Å². The molecule has 1 N–H and O–H groups in total. The molecule has 0 bridgehead atoms. The maximum atomic E-state index is 11.2. The number of nitrogens with one attached hydrogen (secondary N) is 1. The van der Waals surface area contributed by atoms with Crippen LogP contribution in [0.4, 0.5) is 5.69 Å². The first-order valence-electron chi connectivity index (χ1n) is 6.76. The molecule has 0 spiro atoms. The molecular weight excluding hydrogens is 276 g/mol. The second-order valence-corrected chi connectivity index (χ2v) is 4.34. The van der Waals surface area contributed by atoms with Crippen LogP contribution in [0.25, 0.3) is 0 Å². The number of nitro groups is 1. The molecule has 0 unspecified atom stereocenters. The molecule has 116 valence electrons. The summed E-state index contributed by atoms with van der Waals surface area (Å²) in [6.45, 7) is 3.21. The van der Waals surface area contributed by atoms with Gasteiger partial charge in [-0.1, -0.05) is 0 Å². The molecule has 1 rings (SSSR count). The minimum atomic E-state index is -0.441. The van der Waals surface area contributed by atoms with Gasteiger partial charge in [-0.15, -0.1) is 0 Å². The highest BCUT2D eigenvalue weighted by atomic mass is 16.6. The number of hydrogen-bond donors (Lipinski definition) is 1. The average molecular weight is 296 g/mol. The minimum absolute atomic E-state index is 0.0270. The van der Waals surface area contributed by atoms with E-state index in [2.05, 4.69) is 5.32 Å². The summed E-state index contributed by atoms with van der Waals surface area (Å²) in [5.74, 6) is 0.380. The maximum absolute atomic E-state index is 11.2. The number of hydrogen-bond acceptors (Lipinski definition) is 6. The SMILES string of the molecule is CCOC(=O)CCCNCc1cc([N+](=O)[O-])ccc1OC. The van der Waals surface area contributed by atoms with Crippen molar-refractivity contribution < 1.29 is 19.2 Å². The monoisotopic (exact) mass is 296 g/mol. The summed E-state index contributed by atoms with van der Waals surface area (Å²) in [5, 5.41) is 13.9. The summed E-state index contributed by atoms with van der Waals surface area (Å²) in [5.41, 5.74) is 0.738. The first-order chi connectivity index (χ1) is 10.1. The average Bonchev–Trinajstić information content (AvgIpc) is 2.46. The van der Waals surface area contributed by atoms with Gasteiger partial charge in [0.05, 0.1) is 18.6 Å². The van der Waals surface area contributed by atoms with Gasteiger partial charge in [0.2, 0.25) is 0 Å². The van der Waals surface area contributed by atoms with Crippen LogP contribution in [0.3, 0.4) is 0 Å². The van der Waals surface area contributed by atoms with Crippen molar-refractivity contribution in [3.05, 3.63) is 33.9 Å². The van der Waals surface area contributed by atoms with Gasteiger partial charge in [-0.3, -0.25) is 14.9 Å². The van der Waals surface area contributed by atoms with Crippen LogP contribution >= 0.6 is 0 Å². The number of methoxy groups -OCH3 is 1. The van der Waals surface area contributed by atoms with E-state index in [1.807, 2.05) is 0 Å². The first kappa shape index (κ1) is 16.9. The first-order valence-corrected chi connectivity index (χ1v) is 6.76. The number of nitrogens with zero attached hydrogens (tertiary/aromatic N) is 1. The van der Waals surface area contributed by atoms with Crippen LogP contribution in [-0.2, 0) is 16.1 Å². The minimum Gasteiger partial charge on any atom is -0.496 e. The van der Waals surface area contributed by atoms with Crippen LogP contribution in [-0.4, -0.2) is 31.2 Å². The molecule has 0 fully saturated rings. The molecule has 7 heteroatoms. The zero-order valence-electron chi connectivity index (χ0n) is 12.3. The number of esters is 1. The second kappa shape index (κ2) is 8.91. The lowest BCUT2D eigenvalue weighted by Gasteiger charge is -2.09. The van der Waals surface area contributed by atoms with Gasteiger partial charge in [0.15, 0.2) is 0 Å². The molecule has 0 aromatic heterocycles. The fourth-order valence-electron chi connectivity index (χ4n) is 1.83. The van der Waals surface area contributed by atoms with Gasteiger partial charge in [-0.25, -0.2) is 0 Å². The second-order valence-electron chi connectivity index (χ2n) is 4.34. The highest BCUT2D eigenvalue weighted by molar-refractivity contribution is 5.69. The molecule has 21 heavy (non-hydrogen) atoms. The highest BCUT2D eigenvalue weighted by Gasteiger charge is 2.11. The van der Waals surface area contributed by atoms with E-state index in [9.17, 15) is 14.9 Å². The van der Waals surface area contributed by atoms with Crippen molar-refractivity contribution in [1.29, 1.82) is 0 Å². The summed E-state index contributed by atoms with van der Waals surface area (Å²) in [6.07, 6.45) is 1.00. The number of carbonyl (C=O) groups excluding carboxylic acids is 1. The van der Waals surface area contributed by atoms with Crippen molar-refractivity contribution in [3.63, 3.8) is 0 Å². The van der Waals surface area contributed by atoms with Crippen LogP contribution < -0.4 is 10.1 Å². The molecule has 0 radical (unpaired) electrons. The molecule has 0 aliphatic rings. The Labute approximate surface area is 123 Å². The Morgan fingerprint density at radius 1 is 1.43 bits per heavy atom. The Kier molecular flexibility index (Phi) is 7.17. The lowest BCUT2D eigenvalue weighted by Crippen LogP contribution is -2.17. The fourth-order valence-corrected chi connectivity index (χ4v) is 1.83. The summed E-state index contributed by atoms with van der Waals surface area (Å²) in [4.78, 5) is 21.5. The van der Waals surface area contributed by atoms with Gasteiger partial charge in [0.25, 0.3) is 5.69 Å². The Morgan fingerprint density at radius 3 is 2.81 bits per heavy atom. The van der Waals surface area contributed by atoms with Crippen molar-refractivity contribution >= 4 is 11.7 Å². The molecule has 0 saturated heterocycles. The van der Waals surface area contributed by atoms with Crippen molar-refractivity contribution in [2.45, 2.75) is 26.3 Å². The Balaban J connectivity index is 2.45. The summed E-state index contributed by atoms with van der Waals surface area (Å²) >= 11 is 0. The zero-order chi connectivity index (χ0) is 15.7. The van der Waals surface area contributed by atoms with Crippen molar-refractivity contribution in [2.75, 3.05) is 20.3 Å². The highest BCUT2D eigenvalue weighted by Crippen LogP contribution is 2.23. The molecule has 7 nitrogen and oxygen atoms in total. The summed E-state index contributed by atoms with van der Waals surface area (Å²) in [6, 6.07) is 4.47. The third-order valence-corrected chi connectivity index (χ3v) is 2.83. The van der Waals surface area contributed by atoms with Crippen LogP contribution in [0.2, 0.25) is 0 Å². The summed E-state index contributed by atoms with van der Waals surface area (Å²) in [7, 11) is 1.52. The zero-order valence-corrected chi connectivity index (χ0v) is 12.3. The van der Waals surface area contributed by atoms with Crippen LogP contribution in [0.15, 0.2) is 18.2 Å². The number of rotatable bonds is 9. The van der Waals surface area contributed by atoms with Crippen molar-refractivity contribution in [2.24, 2.45) is 0 Å². The standard InChI is InChI=1S/C14H20N2O5/c1-3-21-14(17)5-4-8-15-10-11-9-12(16(18)19)6-7-13(11)20-2/h6-7,9,15H,3-5,8,10H2,1-2H3. The fraction of sp³-hybridized carbons (Fsp3) is 0.500. The Hall–Kier alpha value is -2.15. The van der Waals surface area contributed by atoms with Gasteiger partial charge in [0.1, 0.15) is 5.75 Å². The number of non-ortho nitro benzene ring substituents is 1. The van der Waals surface area contributed by atoms with Gasteiger partial charge < -0.3 is 14.8 Å². The lowest BCUT2D eigenvalue weighted by molar-refractivity contribution is -0.384. The Morgan fingerprint density at radius 2 is 2.19 bits per heavy atom. The lowest BCUT2D eigenvalue weighted by atomic mass is 10.1. The predicted molar refractivity (Wildman–Crippen MR) is 77.2 cm³/mol. The number of benzene rings is 1. The van der Waals surface area contributed by atoms with Crippen LogP contribution in [0.5, 0.6) is 5.75 Å². The van der Waals surface area contributed by atoms with Crippen LogP contribution in [0, 0.1) is 10.1 Å². The predicted octanol–water partition coefficient (Wildman–Crippen LogP) is 2.04. The van der Waals surface area contributed by atoms with Crippen molar-refractivity contribution in [3.8, 4) is 5.75 Å². The molecule has 1 aromatic rings. The molecular formula is C14H20N2O5. The molecule has 1 aromatic carbocycles. The van der Waals surface area contributed by atoms with E-state index in [-0.39, 0.29) is 11.7 Å². The molecule has 0 aliphatic heterocycles.